The Bertz CT molecular complexity index is 2470. The van der Waals surface area contributed by atoms with Crippen LogP contribution in [0.1, 0.15) is 114 Å². The number of nitrogens with zero attached hydrogens (tertiary/aromatic N) is 4. The lowest BCUT2D eigenvalue weighted by atomic mass is 9.94. The van der Waals surface area contributed by atoms with E-state index in [4.69, 9.17) is 0 Å². The van der Waals surface area contributed by atoms with Crippen LogP contribution >= 0.6 is 0 Å². The minimum absolute atomic E-state index is 0.0530. The van der Waals surface area contributed by atoms with Gasteiger partial charge in [0.1, 0.15) is 24.2 Å². The van der Waals surface area contributed by atoms with E-state index < -0.39 is 71.9 Å². The second-order valence-corrected chi connectivity index (χ2v) is 22.2. The van der Waals surface area contributed by atoms with Gasteiger partial charge in [-0.15, -0.1) is 0 Å². The fourth-order valence-corrected chi connectivity index (χ4v) is 12.8. The molecule has 2 saturated carbocycles. The number of rotatable bonds is 14. The normalized spacial score (nSPS) is 27.9. The monoisotopic (exact) mass is 1070 g/mol. The molecule has 418 valence electrons. The highest BCUT2D eigenvalue weighted by atomic mass is 16.2. The number of amides is 10. The molecular formula is C58H78N12O8. The summed E-state index contributed by atoms with van der Waals surface area (Å²) in [5.74, 6) is -1.67. The largest absolute Gasteiger partial charge is 0.351 e. The Labute approximate surface area is 457 Å². The van der Waals surface area contributed by atoms with Crippen LogP contribution in [0.2, 0.25) is 0 Å². The number of carbonyl (C=O) groups excluding carboxylic acids is 8. The summed E-state index contributed by atoms with van der Waals surface area (Å²) in [7, 11) is 3.29. The van der Waals surface area contributed by atoms with Gasteiger partial charge in [0.2, 0.25) is 35.4 Å². The molecule has 0 bridgehead atoms. The number of hydrogen-bond acceptors (Lipinski definition) is 10. The van der Waals surface area contributed by atoms with Crippen molar-refractivity contribution in [3.8, 4) is 0 Å². The van der Waals surface area contributed by atoms with Crippen LogP contribution in [-0.2, 0) is 28.8 Å². The van der Waals surface area contributed by atoms with Crippen LogP contribution in [0.3, 0.4) is 0 Å². The van der Waals surface area contributed by atoms with Gasteiger partial charge >= 0.3 is 12.1 Å². The Morgan fingerprint density at radius 1 is 0.474 bits per heavy atom. The number of likely N-dealkylation sites (N-methyl/N-ethyl adjacent to an activating group) is 2. The molecular weight excluding hydrogens is 993 g/mol. The first-order valence-electron chi connectivity index (χ1n) is 28.2. The summed E-state index contributed by atoms with van der Waals surface area (Å²) in [5.41, 5.74) is 3.19. The number of hydrogen-bond donors (Lipinski definition) is 8. The maximum Gasteiger partial charge on any atom is 0.321 e. The SMILES string of the molecule is CN[C@@H](C)C(=O)NC1CN(C(=O)Nc2ccc(NC(=O)N3CC[C@H]4CC[C@@H](C(=O)N[C@H]5CCC[C@H]5c5ccccc5)N4C(=O)[C@@H](NC(=O)[C@H](C)NC)C3)cc2)CCC2CCC(C(=O)N[C@@H]3CCC[C@H]3c3ccccc3)N2C1=O. The topological polar surface area (TPSA) is 246 Å². The molecule has 78 heavy (non-hydrogen) atoms. The quantitative estimate of drug-likeness (QED) is 0.116. The highest BCUT2D eigenvalue weighted by molar-refractivity contribution is 5.97. The first-order valence-corrected chi connectivity index (χ1v) is 28.2. The van der Waals surface area contributed by atoms with Crippen LogP contribution in [0.5, 0.6) is 0 Å². The molecule has 3 aromatic carbocycles. The van der Waals surface area contributed by atoms with Crippen molar-refractivity contribution in [1.82, 2.24) is 51.5 Å². The number of urea groups is 2. The van der Waals surface area contributed by atoms with E-state index in [0.29, 0.717) is 49.9 Å². The predicted octanol–water partition coefficient (Wildman–Crippen LogP) is 3.97. The summed E-state index contributed by atoms with van der Waals surface area (Å²) >= 11 is 0. The minimum atomic E-state index is -1.12. The molecule has 8 N–H and O–H groups in total. The molecule has 10 amide bonds. The molecule has 4 aliphatic heterocycles. The van der Waals surface area contributed by atoms with Crippen molar-refractivity contribution in [3.05, 3.63) is 96.1 Å². The number of anilines is 2. The van der Waals surface area contributed by atoms with E-state index in [-0.39, 0.29) is 74.0 Å². The van der Waals surface area contributed by atoms with Gasteiger partial charge in [-0.05, 0) is 128 Å². The number of nitrogens with one attached hydrogen (secondary N) is 8. The average molecular weight is 1070 g/mol. The zero-order chi connectivity index (χ0) is 55.0. The van der Waals surface area contributed by atoms with Gasteiger partial charge in [0.05, 0.1) is 25.2 Å². The van der Waals surface area contributed by atoms with Crippen LogP contribution in [0.4, 0.5) is 21.0 Å². The molecule has 12 atom stereocenters. The van der Waals surface area contributed by atoms with Crippen LogP contribution in [-0.4, -0.2) is 168 Å². The summed E-state index contributed by atoms with van der Waals surface area (Å²) in [4.78, 5) is 119. The van der Waals surface area contributed by atoms with Gasteiger partial charge < -0.3 is 62.1 Å². The molecule has 3 unspecified atom stereocenters. The Morgan fingerprint density at radius 3 is 1.23 bits per heavy atom. The Hall–Kier alpha value is -7.06. The summed E-state index contributed by atoms with van der Waals surface area (Å²) in [6.45, 7) is 3.60. The van der Waals surface area contributed by atoms with E-state index in [1.807, 2.05) is 36.4 Å². The predicted molar refractivity (Wildman–Crippen MR) is 295 cm³/mol. The van der Waals surface area contributed by atoms with Gasteiger partial charge in [-0.2, -0.15) is 0 Å². The zero-order valence-electron chi connectivity index (χ0n) is 45.4. The summed E-state index contributed by atoms with van der Waals surface area (Å²) in [5, 5.41) is 24.0. The molecule has 4 saturated heterocycles. The maximum absolute atomic E-state index is 14.6. The van der Waals surface area contributed by atoms with Crippen molar-refractivity contribution >= 4 is 58.9 Å². The number of benzene rings is 3. The first kappa shape index (κ1) is 55.7. The maximum atomic E-state index is 14.6. The van der Waals surface area contributed by atoms with Crippen LogP contribution < -0.4 is 42.5 Å². The van der Waals surface area contributed by atoms with E-state index >= 15 is 0 Å². The molecule has 0 aromatic heterocycles. The minimum Gasteiger partial charge on any atom is -0.351 e. The summed E-state index contributed by atoms with van der Waals surface area (Å²) < 4.78 is 0. The van der Waals surface area contributed by atoms with E-state index in [1.165, 1.54) is 20.9 Å². The third kappa shape index (κ3) is 12.6. The van der Waals surface area contributed by atoms with Crippen LogP contribution in [0, 0.1) is 0 Å². The first-order chi connectivity index (χ1) is 37.7. The van der Waals surface area contributed by atoms with E-state index in [1.54, 1.807) is 62.0 Å². The van der Waals surface area contributed by atoms with Crippen molar-refractivity contribution in [3.63, 3.8) is 0 Å². The molecule has 4 heterocycles. The van der Waals surface area contributed by atoms with E-state index in [0.717, 1.165) is 38.5 Å². The van der Waals surface area contributed by atoms with Gasteiger partial charge in [-0.1, -0.05) is 73.5 Å². The summed E-state index contributed by atoms with van der Waals surface area (Å²) in [6.07, 6.45) is 8.54. The van der Waals surface area contributed by atoms with Gasteiger partial charge in [-0.3, -0.25) is 28.8 Å². The highest BCUT2D eigenvalue weighted by Gasteiger charge is 2.48. The standard InChI is InChI=1S/C58H78N12O8/c1-35(59-3)51(71)65-47-33-67(31-29-41-25-27-49(69(41)55(47)75)53(73)63-45-19-11-17-43(45)37-13-7-5-8-14-37)57(77)61-39-21-23-40(24-22-39)62-58(78)68-32-30-42-26-28-50(70(42)56(76)48(34-68)66-52(72)36(2)60-4)54(74)64-46-20-12-18-44(46)38-15-9-6-10-16-38/h5-10,13-16,21-24,35-36,41-50,59-60H,11-12,17-20,25-34H2,1-4H3,(H,61,77)(H,62,78)(H,63,73)(H,64,74)(H,65,71)(H,66,72)/t35-,36-,41+,42?,43-,44-,45-,46+,47-,48?,49-,50?/m0/s1. The molecule has 0 spiro atoms. The van der Waals surface area contributed by atoms with Crippen LogP contribution in [0.15, 0.2) is 84.9 Å². The molecule has 0 radical (unpaired) electrons. The fourth-order valence-electron chi connectivity index (χ4n) is 12.8. The zero-order valence-corrected chi connectivity index (χ0v) is 45.4. The van der Waals surface area contributed by atoms with E-state index in [2.05, 4.69) is 66.8 Å². The van der Waals surface area contributed by atoms with Gasteiger partial charge in [-0.25, -0.2) is 9.59 Å². The lowest BCUT2D eigenvalue weighted by molar-refractivity contribution is -0.145. The third-order valence-electron chi connectivity index (χ3n) is 17.4. The fraction of sp³-hybridized carbons (Fsp3) is 0.552. The number of carbonyl (C=O) groups is 8. The van der Waals surface area contributed by atoms with Gasteiger partial charge in [0, 0.05) is 60.5 Å². The second-order valence-electron chi connectivity index (χ2n) is 22.2. The molecule has 9 rings (SSSR count). The van der Waals surface area contributed by atoms with Crippen molar-refractivity contribution in [2.45, 2.75) is 163 Å². The molecule has 20 heteroatoms. The van der Waals surface area contributed by atoms with Crippen LogP contribution in [0.25, 0.3) is 0 Å². The molecule has 3 aromatic rings. The lowest BCUT2D eigenvalue weighted by Crippen LogP contribution is -2.62. The van der Waals surface area contributed by atoms with Crippen molar-refractivity contribution in [2.75, 3.05) is 50.9 Å². The summed E-state index contributed by atoms with van der Waals surface area (Å²) in [6, 6.07) is 20.3. The Balaban J connectivity index is 0.832. The average Bonchev–Trinajstić information content (AvgIpc) is 4.42. The third-order valence-corrected chi connectivity index (χ3v) is 17.4. The molecule has 6 fully saturated rings. The Kier molecular flexibility index (Phi) is 18.0. The number of fused-ring (bicyclic) bond motifs is 2. The van der Waals surface area contributed by atoms with Crippen molar-refractivity contribution in [1.29, 1.82) is 0 Å². The van der Waals surface area contributed by atoms with E-state index in [9.17, 15) is 38.4 Å². The molecule has 6 aliphatic rings. The smallest absolute Gasteiger partial charge is 0.321 e. The highest BCUT2D eigenvalue weighted by Crippen LogP contribution is 2.38. The van der Waals surface area contributed by atoms with Crippen molar-refractivity contribution in [2.24, 2.45) is 0 Å². The van der Waals surface area contributed by atoms with Gasteiger partial charge in [0.25, 0.3) is 0 Å². The lowest BCUT2D eigenvalue weighted by Gasteiger charge is -2.39. The van der Waals surface area contributed by atoms with Gasteiger partial charge in [0.15, 0.2) is 0 Å². The Morgan fingerprint density at radius 2 is 0.859 bits per heavy atom. The van der Waals surface area contributed by atoms with Crippen molar-refractivity contribution < 1.29 is 38.4 Å². The molecule has 20 nitrogen and oxygen atoms in total. The molecule has 2 aliphatic carbocycles. The second kappa shape index (κ2) is 25.2.